The number of carbonyl (C=O) groups is 2. The number of hydrogen-bond acceptors (Lipinski definition) is 2. The third-order valence-corrected chi connectivity index (χ3v) is 3.95. The lowest BCUT2D eigenvalue weighted by atomic mass is 9.97. The summed E-state index contributed by atoms with van der Waals surface area (Å²) in [7, 11) is 0. The fraction of sp³-hybridized carbons (Fsp3) is 0.412. The van der Waals surface area contributed by atoms with E-state index in [1.807, 2.05) is 30.3 Å². The van der Waals surface area contributed by atoms with Crippen molar-refractivity contribution in [2.75, 3.05) is 13.1 Å². The number of aliphatic carboxylic acids is 1. The molecule has 0 aliphatic carbocycles. The van der Waals surface area contributed by atoms with Crippen molar-refractivity contribution in [2.45, 2.75) is 25.3 Å². The van der Waals surface area contributed by atoms with E-state index in [1.165, 1.54) is 0 Å². The van der Waals surface area contributed by atoms with Gasteiger partial charge in [0.25, 0.3) is 0 Å². The Labute approximate surface area is 130 Å². The Morgan fingerprint density at radius 1 is 1.32 bits per heavy atom. The van der Waals surface area contributed by atoms with E-state index in [0.29, 0.717) is 32.4 Å². The van der Waals surface area contributed by atoms with E-state index >= 15 is 0 Å². The minimum atomic E-state index is -0.783. The molecule has 1 aliphatic heterocycles. The summed E-state index contributed by atoms with van der Waals surface area (Å²) in [4.78, 5) is 24.9. The number of carboxylic acid groups (broad SMARTS) is 1. The molecule has 1 atom stereocenters. The van der Waals surface area contributed by atoms with Gasteiger partial charge < -0.3 is 15.3 Å². The predicted octanol–water partition coefficient (Wildman–Crippen LogP) is 2.26. The molecular formula is C17H20N2O3. The van der Waals surface area contributed by atoms with Crippen molar-refractivity contribution < 1.29 is 14.7 Å². The van der Waals surface area contributed by atoms with Gasteiger partial charge in [-0.25, -0.2) is 4.79 Å². The second-order valence-corrected chi connectivity index (χ2v) is 5.42. The third-order valence-electron chi connectivity index (χ3n) is 3.95. The van der Waals surface area contributed by atoms with Gasteiger partial charge in [0.15, 0.2) is 0 Å². The first-order valence-electron chi connectivity index (χ1n) is 7.38. The number of amides is 2. The van der Waals surface area contributed by atoms with Crippen LogP contribution in [0.15, 0.2) is 30.3 Å². The number of urea groups is 1. The molecule has 1 aliphatic rings. The molecular weight excluding hydrogens is 280 g/mol. The second kappa shape index (κ2) is 7.51. The zero-order valence-corrected chi connectivity index (χ0v) is 12.4. The van der Waals surface area contributed by atoms with Crippen molar-refractivity contribution in [3.05, 3.63) is 35.9 Å². The molecule has 2 N–H and O–H groups in total. The standard InChI is InChI=1S/C17H20N2O3/c1-2-6-15(13-7-4-3-5-8-13)18-17(22)19-11-9-14(10-12-19)16(20)21/h1,3-5,7-8,14-15H,6,9-12H2,(H,18,22)(H,20,21). The molecule has 1 fully saturated rings. The Kier molecular flexibility index (Phi) is 5.42. The van der Waals surface area contributed by atoms with Gasteiger partial charge in [-0.3, -0.25) is 4.79 Å². The zero-order valence-electron chi connectivity index (χ0n) is 12.4. The molecule has 0 radical (unpaired) electrons. The van der Waals surface area contributed by atoms with E-state index < -0.39 is 5.97 Å². The molecule has 116 valence electrons. The first-order valence-corrected chi connectivity index (χ1v) is 7.38. The van der Waals surface area contributed by atoms with Crippen LogP contribution >= 0.6 is 0 Å². The summed E-state index contributed by atoms with van der Waals surface area (Å²) in [5.41, 5.74) is 0.967. The number of rotatable bonds is 4. The molecule has 0 bridgehead atoms. The van der Waals surface area contributed by atoms with Crippen LogP contribution in [0.1, 0.15) is 30.9 Å². The van der Waals surface area contributed by atoms with Gasteiger partial charge in [-0.2, -0.15) is 0 Å². The molecule has 5 nitrogen and oxygen atoms in total. The third kappa shape index (κ3) is 4.01. The smallest absolute Gasteiger partial charge is 0.317 e. The van der Waals surface area contributed by atoms with Gasteiger partial charge >= 0.3 is 12.0 Å². The number of carbonyl (C=O) groups excluding carboxylic acids is 1. The molecule has 0 aromatic heterocycles. The average molecular weight is 300 g/mol. The fourth-order valence-corrected chi connectivity index (χ4v) is 2.63. The van der Waals surface area contributed by atoms with Crippen LogP contribution in [0, 0.1) is 18.3 Å². The van der Waals surface area contributed by atoms with Gasteiger partial charge in [-0.1, -0.05) is 30.3 Å². The summed E-state index contributed by atoms with van der Waals surface area (Å²) >= 11 is 0. The molecule has 2 rings (SSSR count). The second-order valence-electron chi connectivity index (χ2n) is 5.42. The molecule has 1 heterocycles. The Balaban J connectivity index is 1.95. The summed E-state index contributed by atoms with van der Waals surface area (Å²) in [5.74, 6) is 1.46. The topological polar surface area (TPSA) is 69.6 Å². The maximum atomic E-state index is 12.3. The molecule has 5 heteroatoms. The number of terminal acetylenes is 1. The van der Waals surface area contributed by atoms with Crippen LogP contribution in [-0.4, -0.2) is 35.1 Å². The Hall–Kier alpha value is -2.48. The van der Waals surface area contributed by atoms with Crippen LogP contribution in [0.25, 0.3) is 0 Å². The number of benzene rings is 1. The summed E-state index contributed by atoms with van der Waals surface area (Å²) in [6.45, 7) is 0.917. The SMILES string of the molecule is C#CCC(NC(=O)N1CCC(C(=O)O)CC1)c1ccccc1. The average Bonchev–Trinajstić information content (AvgIpc) is 2.55. The molecule has 22 heavy (non-hydrogen) atoms. The van der Waals surface area contributed by atoms with Crippen molar-refractivity contribution in [3.63, 3.8) is 0 Å². The van der Waals surface area contributed by atoms with E-state index in [0.717, 1.165) is 5.56 Å². The first kappa shape index (κ1) is 15.9. The highest BCUT2D eigenvalue weighted by atomic mass is 16.4. The number of piperidine rings is 1. The van der Waals surface area contributed by atoms with Gasteiger partial charge in [0.2, 0.25) is 0 Å². The normalized spacial score (nSPS) is 16.6. The van der Waals surface area contributed by atoms with Crippen LogP contribution in [0.2, 0.25) is 0 Å². The molecule has 1 saturated heterocycles. The molecule has 1 aromatic rings. The number of nitrogens with zero attached hydrogens (tertiary/aromatic N) is 1. The maximum Gasteiger partial charge on any atom is 0.317 e. The monoisotopic (exact) mass is 300 g/mol. The highest BCUT2D eigenvalue weighted by Crippen LogP contribution is 2.20. The van der Waals surface area contributed by atoms with Crippen molar-refractivity contribution in [1.82, 2.24) is 10.2 Å². The van der Waals surface area contributed by atoms with Gasteiger partial charge in [-0.05, 0) is 18.4 Å². The number of likely N-dealkylation sites (tertiary alicyclic amines) is 1. The van der Waals surface area contributed by atoms with E-state index in [-0.39, 0.29) is 18.0 Å². The van der Waals surface area contributed by atoms with E-state index in [4.69, 9.17) is 11.5 Å². The highest BCUT2D eigenvalue weighted by Gasteiger charge is 2.27. The van der Waals surface area contributed by atoms with Crippen molar-refractivity contribution >= 4 is 12.0 Å². The van der Waals surface area contributed by atoms with Crippen LogP contribution < -0.4 is 5.32 Å². The fourth-order valence-electron chi connectivity index (χ4n) is 2.63. The Bertz CT molecular complexity index is 557. The minimum Gasteiger partial charge on any atom is -0.481 e. The van der Waals surface area contributed by atoms with Gasteiger partial charge in [0.05, 0.1) is 12.0 Å². The quantitative estimate of drug-likeness (QED) is 0.838. The first-order chi connectivity index (χ1) is 10.6. The summed E-state index contributed by atoms with van der Waals surface area (Å²) in [5, 5.41) is 11.9. The highest BCUT2D eigenvalue weighted by molar-refractivity contribution is 5.76. The lowest BCUT2D eigenvalue weighted by Crippen LogP contribution is -2.46. The number of nitrogens with one attached hydrogen (secondary N) is 1. The van der Waals surface area contributed by atoms with Crippen molar-refractivity contribution in [1.29, 1.82) is 0 Å². The predicted molar refractivity (Wildman–Crippen MR) is 83.1 cm³/mol. The summed E-state index contributed by atoms with van der Waals surface area (Å²) < 4.78 is 0. The van der Waals surface area contributed by atoms with Gasteiger partial charge in [-0.15, -0.1) is 12.3 Å². The van der Waals surface area contributed by atoms with Crippen LogP contribution in [-0.2, 0) is 4.79 Å². The van der Waals surface area contributed by atoms with E-state index in [2.05, 4.69) is 11.2 Å². The minimum absolute atomic E-state index is 0.187. The molecule has 1 aromatic carbocycles. The molecule has 0 saturated carbocycles. The van der Waals surface area contributed by atoms with Crippen molar-refractivity contribution in [3.8, 4) is 12.3 Å². The van der Waals surface area contributed by atoms with Gasteiger partial charge in [0.1, 0.15) is 0 Å². The van der Waals surface area contributed by atoms with Crippen molar-refractivity contribution in [2.24, 2.45) is 5.92 Å². The van der Waals surface area contributed by atoms with Crippen LogP contribution in [0.3, 0.4) is 0 Å². The zero-order chi connectivity index (χ0) is 15.9. The lowest BCUT2D eigenvalue weighted by molar-refractivity contribution is -0.143. The lowest BCUT2D eigenvalue weighted by Gasteiger charge is -2.31. The van der Waals surface area contributed by atoms with Crippen LogP contribution in [0.4, 0.5) is 4.79 Å². The number of hydrogen-bond donors (Lipinski definition) is 2. The maximum absolute atomic E-state index is 12.3. The Morgan fingerprint density at radius 2 is 1.95 bits per heavy atom. The number of carboxylic acids is 1. The molecule has 2 amide bonds. The van der Waals surface area contributed by atoms with E-state index in [1.54, 1.807) is 4.90 Å². The molecule has 0 spiro atoms. The van der Waals surface area contributed by atoms with Gasteiger partial charge in [0, 0.05) is 19.5 Å². The molecule has 1 unspecified atom stereocenters. The summed E-state index contributed by atoms with van der Waals surface area (Å²) in [6, 6.07) is 9.17. The van der Waals surface area contributed by atoms with E-state index in [9.17, 15) is 9.59 Å². The summed E-state index contributed by atoms with van der Waals surface area (Å²) in [6.07, 6.45) is 6.80. The largest absolute Gasteiger partial charge is 0.481 e. The Morgan fingerprint density at radius 3 is 2.50 bits per heavy atom. The van der Waals surface area contributed by atoms with Crippen LogP contribution in [0.5, 0.6) is 0 Å².